The van der Waals surface area contributed by atoms with Crippen LogP contribution in [0.5, 0.6) is 0 Å². The molecule has 0 bridgehead atoms. The molecule has 0 saturated carbocycles. The molecule has 0 amide bonds. The first-order valence-corrected chi connectivity index (χ1v) is 8.17. The maximum absolute atomic E-state index is 11.4. The number of aromatic nitrogens is 3. The van der Waals surface area contributed by atoms with Crippen LogP contribution in [0, 0.1) is 6.92 Å². The lowest BCUT2D eigenvalue weighted by Crippen LogP contribution is -2.10. The summed E-state index contributed by atoms with van der Waals surface area (Å²) in [4.78, 5) is 0. The van der Waals surface area contributed by atoms with Gasteiger partial charge in [-0.2, -0.15) is 0 Å². The van der Waals surface area contributed by atoms with Gasteiger partial charge < -0.3 is 0 Å². The van der Waals surface area contributed by atoms with Crippen molar-refractivity contribution in [2.24, 2.45) is 0 Å². The van der Waals surface area contributed by atoms with Crippen LogP contribution >= 0.6 is 15.9 Å². The van der Waals surface area contributed by atoms with Gasteiger partial charge in [0.05, 0.1) is 12.5 Å². The Morgan fingerprint density at radius 3 is 2.67 bits per heavy atom. The van der Waals surface area contributed by atoms with E-state index in [1.807, 2.05) is 25.1 Å². The van der Waals surface area contributed by atoms with Crippen molar-refractivity contribution in [3.63, 3.8) is 0 Å². The molecule has 7 heteroatoms. The van der Waals surface area contributed by atoms with Crippen molar-refractivity contribution in [1.82, 2.24) is 14.4 Å². The lowest BCUT2D eigenvalue weighted by molar-refractivity contribution is 0.583. The van der Waals surface area contributed by atoms with Crippen LogP contribution in [0.2, 0.25) is 0 Å². The minimum Gasteiger partial charge on any atom is -0.205 e. The fourth-order valence-corrected chi connectivity index (χ4v) is 2.53. The average molecular weight is 330 g/mol. The van der Waals surface area contributed by atoms with E-state index in [1.54, 1.807) is 0 Å². The zero-order chi connectivity index (χ0) is 13.3. The second-order valence-electron chi connectivity index (χ2n) is 4.03. The van der Waals surface area contributed by atoms with Crippen molar-refractivity contribution < 1.29 is 8.42 Å². The van der Waals surface area contributed by atoms with E-state index in [0.717, 1.165) is 27.0 Å². The second kappa shape index (κ2) is 4.81. The first-order chi connectivity index (χ1) is 8.41. The second-order valence-corrected chi connectivity index (χ2v) is 6.43. The topological polar surface area (TPSA) is 64.8 Å². The molecule has 2 rings (SSSR count). The van der Waals surface area contributed by atoms with Gasteiger partial charge in [-0.15, -0.1) is 9.19 Å². The van der Waals surface area contributed by atoms with E-state index in [0.29, 0.717) is 11.0 Å². The van der Waals surface area contributed by atoms with E-state index in [9.17, 15) is 8.42 Å². The molecule has 1 aromatic carbocycles. The standard InChI is InChI=1S/C11H12BrN3O2S/c1-8-3-4-9(6-12)10(5-8)11-7-15(14-13-11)18(2,16)17/h3-5,7H,6H2,1-2H3. The molecule has 0 aliphatic heterocycles. The Bertz CT molecular complexity index is 679. The Morgan fingerprint density at radius 1 is 1.39 bits per heavy atom. The molecule has 0 aliphatic carbocycles. The Morgan fingerprint density at radius 2 is 2.11 bits per heavy atom. The van der Waals surface area contributed by atoms with Gasteiger partial charge in [0, 0.05) is 10.9 Å². The summed E-state index contributed by atoms with van der Waals surface area (Å²) < 4.78 is 23.6. The predicted octanol–water partition coefficient (Wildman–Crippen LogP) is 1.96. The van der Waals surface area contributed by atoms with Gasteiger partial charge in [0.1, 0.15) is 5.69 Å². The van der Waals surface area contributed by atoms with Crippen molar-refractivity contribution in [2.45, 2.75) is 12.3 Å². The highest BCUT2D eigenvalue weighted by Gasteiger charge is 2.13. The molecule has 0 N–H and O–H groups in total. The molecule has 2 aromatic rings. The number of rotatable bonds is 3. The van der Waals surface area contributed by atoms with Gasteiger partial charge in [-0.05, 0) is 18.6 Å². The summed E-state index contributed by atoms with van der Waals surface area (Å²) in [5.74, 6) is 0. The van der Waals surface area contributed by atoms with Crippen LogP contribution in [-0.2, 0) is 15.4 Å². The summed E-state index contributed by atoms with van der Waals surface area (Å²) in [6, 6.07) is 5.95. The maximum atomic E-state index is 11.4. The summed E-state index contributed by atoms with van der Waals surface area (Å²) in [6.07, 6.45) is 2.52. The average Bonchev–Trinajstić information content (AvgIpc) is 2.77. The minimum absolute atomic E-state index is 0.554. The van der Waals surface area contributed by atoms with E-state index in [2.05, 4.69) is 26.2 Å². The third kappa shape index (κ3) is 2.62. The van der Waals surface area contributed by atoms with Crippen molar-refractivity contribution in [3.8, 4) is 11.3 Å². The molecule has 1 heterocycles. The van der Waals surface area contributed by atoms with Gasteiger partial charge in [0.15, 0.2) is 0 Å². The monoisotopic (exact) mass is 329 g/mol. The van der Waals surface area contributed by atoms with Gasteiger partial charge in [-0.3, -0.25) is 0 Å². The summed E-state index contributed by atoms with van der Waals surface area (Å²) >= 11 is 3.40. The van der Waals surface area contributed by atoms with E-state index in [1.165, 1.54) is 6.20 Å². The third-order valence-corrected chi connectivity index (χ3v) is 3.96. The maximum Gasteiger partial charge on any atom is 0.252 e. The SMILES string of the molecule is Cc1ccc(CBr)c(-c2cn(S(C)(=O)=O)nn2)c1. The molecular formula is C11H12BrN3O2S. The summed E-state index contributed by atoms with van der Waals surface area (Å²) in [7, 11) is -3.39. The number of nitrogens with zero attached hydrogens (tertiary/aromatic N) is 3. The van der Waals surface area contributed by atoms with Crippen molar-refractivity contribution in [2.75, 3.05) is 6.26 Å². The van der Waals surface area contributed by atoms with E-state index >= 15 is 0 Å². The normalized spacial score (nSPS) is 11.7. The molecule has 18 heavy (non-hydrogen) atoms. The number of hydrogen-bond donors (Lipinski definition) is 0. The number of alkyl halides is 1. The van der Waals surface area contributed by atoms with Gasteiger partial charge in [0.25, 0.3) is 10.0 Å². The number of aryl methyl sites for hydroxylation is 1. The van der Waals surface area contributed by atoms with Crippen LogP contribution in [0.25, 0.3) is 11.3 Å². The molecule has 96 valence electrons. The van der Waals surface area contributed by atoms with Gasteiger partial charge in [0.2, 0.25) is 0 Å². The number of benzene rings is 1. The third-order valence-electron chi connectivity index (χ3n) is 2.50. The molecule has 0 fully saturated rings. The van der Waals surface area contributed by atoms with Gasteiger partial charge in [-0.25, -0.2) is 8.42 Å². The van der Waals surface area contributed by atoms with E-state index in [-0.39, 0.29) is 0 Å². The fourth-order valence-electron chi connectivity index (χ4n) is 1.58. The first kappa shape index (κ1) is 13.2. The lowest BCUT2D eigenvalue weighted by atomic mass is 10.0. The van der Waals surface area contributed by atoms with Crippen LogP contribution in [0.3, 0.4) is 0 Å². The first-order valence-electron chi connectivity index (χ1n) is 5.20. The van der Waals surface area contributed by atoms with Crippen LogP contribution in [0.4, 0.5) is 0 Å². The Hall–Kier alpha value is -1.21. The van der Waals surface area contributed by atoms with Gasteiger partial charge >= 0.3 is 0 Å². The Balaban J connectivity index is 2.55. The summed E-state index contributed by atoms with van der Waals surface area (Å²) in [5.41, 5.74) is 3.57. The Labute approximate surface area is 114 Å². The lowest BCUT2D eigenvalue weighted by Gasteiger charge is -2.04. The fraction of sp³-hybridized carbons (Fsp3) is 0.273. The highest BCUT2D eigenvalue weighted by atomic mass is 79.9. The summed E-state index contributed by atoms with van der Waals surface area (Å²) in [5, 5.41) is 8.22. The zero-order valence-electron chi connectivity index (χ0n) is 9.96. The highest BCUT2D eigenvalue weighted by Crippen LogP contribution is 2.24. The molecule has 5 nitrogen and oxygen atoms in total. The van der Waals surface area contributed by atoms with Gasteiger partial charge in [-0.1, -0.05) is 38.8 Å². The zero-order valence-corrected chi connectivity index (χ0v) is 12.4. The molecule has 0 spiro atoms. The molecule has 0 atom stereocenters. The van der Waals surface area contributed by atoms with Crippen LogP contribution in [0.15, 0.2) is 24.4 Å². The van der Waals surface area contributed by atoms with Crippen molar-refractivity contribution in [1.29, 1.82) is 0 Å². The summed E-state index contributed by atoms with van der Waals surface area (Å²) in [6.45, 7) is 1.97. The Kier molecular flexibility index (Phi) is 3.54. The van der Waals surface area contributed by atoms with Crippen LogP contribution < -0.4 is 0 Å². The molecule has 1 aromatic heterocycles. The minimum atomic E-state index is -3.39. The van der Waals surface area contributed by atoms with Crippen molar-refractivity contribution in [3.05, 3.63) is 35.5 Å². The quantitative estimate of drug-likeness (QED) is 0.807. The van der Waals surface area contributed by atoms with E-state index < -0.39 is 10.0 Å². The molecule has 0 saturated heterocycles. The van der Waals surface area contributed by atoms with Crippen LogP contribution in [-0.4, -0.2) is 29.1 Å². The van der Waals surface area contributed by atoms with E-state index in [4.69, 9.17) is 0 Å². The molecular weight excluding hydrogens is 318 g/mol. The highest BCUT2D eigenvalue weighted by molar-refractivity contribution is 9.08. The smallest absolute Gasteiger partial charge is 0.205 e. The number of hydrogen-bond acceptors (Lipinski definition) is 4. The van der Waals surface area contributed by atoms with Crippen molar-refractivity contribution >= 4 is 26.0 Å². The largest absolute Gasteiger partial charge is 0.252 e. The molecule has 0 radical (unpaired) electrons. The predicted molar refractivity (Wildman–Crippen MR) is 73.1 cm³/mol. The number of halogens is 1. The molecule has 0 unspecified atom stereocenters. The van der Waals surface area contributed by atoms with Crippen LogP contribution in [0.1, 0.15) is 11.1 Å². The molecule has 0 aliphatic rings.